The predicted molar refractivity (Wildman–Crippen MR) is 117 cm³/mol. The number of carbonyl (C=O) groups is 2. The Labute approximate surface area is 192 Å². The molecule has 10 heteroatoms. The first-order chi connectivity index (χ1) is 16.6. The molecule has 2 aromatic heterocycles. The lowest BCUT2D eigenvalue weighted by Gasteiger charge is -2.27. The highest BCUT2D eigenvalue weighted by Gasteiger charge is 2.53. The van der Waals surface area contributed by atoms with E-state index in [0.29, 0.717) is 22.3 Å². The standard InChI is InChI=1S/C24H18N4O6/c29-18-12-11-16-21-27(26-25-16)13-17-19(33-23(30)14-7-3-1-4-8-14)20(22(32-17)28(18)21)34-24(31)15-9-5-2-6-10-15/h1-12,17,19-20,22H,13H2/t17-,19-,20-,22-/m1/s1. The topological polar surface area (TPSA) is 115 Å². The normalized spacial score (nSPS) is 22.8. The second-order valence-electron chi connectivity index (χ2n) is 8.06. The smallest absolute Gasteiger partial charge is 0.338 e. The molecule has 0 unspecified atom stereocenters. The molecule has 0 amide bonds. The number of rotatable bonds is 4. The number of hydrogen-bond donors (Lipinski definition) is 0. The highest BCUT2D eigenvalue weighted by molar-refractivity contribution is 5.90. The van der Waals surface area contributed by atoms with Crippen LogP contribution in [0, 0.1) is 0 Å². The number of ether oxygens (including phenoxy) is 3. The van der Waals surface area contributed by atoms with Gasteiger partial charge in [0.15, 0.2) is 24.1 Å². The molecular formula is C24H18N4O6. The molecule has 10 nitrogen and oxygen atoms in total. The van der Waals surface area contributed by atoms with Crippen molar-refractivity contribution in [2.24, 2.45) is 0 Å². The molecule has 34 heavy (non-hydrogen) atoms. The zero-order chi connectivity index (χ0) is 23.2. The van der Waals surface area contributed by atoms with Crippen LogP contribution < -0.4 is 5.56 Å². The number of esters is 2. The molecule has 170 valence electrons. The fourth-order valence-electron chi connectivity index (χ4n) is 4.41. The average Bonchev–Trinajstić information content (AvgIpc) is 3.35. The van der Waals surface area contributed by atoms with Gasteiger partial charge in [-0.1, -0.05) is 41.6 Å². The van der Waals surface area contributed by atoms with E-state index in [0.717, 1.165) is 0 Å². The maximum Gasteiger partial charge on any atom is 0.338 e. The van der Waals surface area contributed by atoms with E-state index in [9.17, 15) is 14.4 Å². The largest absolute Gasteiger partial charge is 0.452 e. The van der Waals surface area contributed by atoms with Crippen molar-refractivity contribution in [1.82, 2.24) is 19.6 Å². The summed E-state index contributed by atoms with van der Waals surface area (Å²) in [6, 6.07) is 19.9. The third-order valence-corrected chi connectivity index (χ3v) is 5.98. The highest BCUT2D eigenvalue weighted by atomic mass is 16.6. The molecule has 0 spiro atoms. The summed E-state index contributed by atoms with van der Waals surface area (Å²) in [5.74, 6) is -1.21. The van der Waals surface area contributed by atoms with Gasteiger partial charge < -0.3 is 14.2 Å². The van der Waals surface area contributed by atoms with Crippen molar-refractivity contribution in [2.45, 2.75) is 31.1 Å². The van der Waals surface area contributed by atoms with E-state index in [1.54, 1.807) is 71.4 Å². The van der Waals surface area contributed by atoms with Crippen LogP contribution >= 0.6 is 0 Å². The fourth-order valence-corrected chi connectivity index (χ4v) is 4.41. The van der Waals surface area contributed by atoms with Crippen LogP contribution in [0.4, 0.5) is 0 Å². The van der Waals surface area contributed by atoms with Gasteiger partial charge in [-0.05, 0) is 30.3 Å². The van der Waals surface area contributed by atoms with E-state index in [4.69, 9.17) is 14.2 Å². The van der Waals surface area contributed by atoms with Gasteiger partial charge in [-0.3, -0.25) is 9.36 Å². The van der Waals surface area contributed by atoms with E-state index >= 15 is 0 Å². The van der Waals surface area contributed by atoms with Crippen LogP contribution in [-0.4, -0.2) is 49.8 Å². The lowest BCUT2D eigenvalue weighted by Crippen LogP contribution is -2.43. The van der Waals surface area contributed by atoms with Crippen LogP contribution in [0.15, 0.2) is 77.6 Å². The predicted octanol–water partition coefficient (Wildman–Crippen LogP) is 1.96. The zero-order valence-electron chi connectivity index (χ0n) is 17.7. The number of hydrogen-bond acceptors (Lipinski definition) is 8. The second kappa shape index (κ2) is 7.92. The van der Waals surface area contributed by atoms with Crippen molar-refractivity contribution < 1.29 is 23.8 Å². The Morgan fingerprint density at radius 1 is 0.853 bits per heavy atom. The van der Waals surface area contributed by atoms with Crippen molar-refractivity contribution in [2.75, 3.05) is 0 Å². The van der Waals surface area contributed by atoms with Gasteiger partial charge in [-0.2, -0.15) is 0 Å². The van der Waals surface area contributed by atoms with Crippen molar-refractivity contribution in [1.29, 1.82) is 0 Å². The van der Waals surface area contributed by atoms with E-state index < -0.39 is 36.5 Å². The summed E-state index contributed by atoms with van der Waals surface area (Å²) >= 11 is 0. The molecule has 4 aromatic rings. The quantitative estimate of drug-likeness (QED) is 0.427. The molecule has 0 saturated carbocycles. The van der Waals surface area contributed by atoms with E-state index in [-0.39, 0.29) is 12.1 Å². The molecule has 0 N–H and O–H groups in total. The van der Waals surface area contributed by atoms with Crippen LogP contribution in [0.25, 0.3) is 11.2 Å². The molecule has 2 aliphatic rings. The van der Waals surface area contributed by atoms with Gasteiger partial charge in [0, 0.05) is 6.07 Å². The second-order valence-corrected chi connectivity index (χ2v) is 8.06. The summed E-state index contributed by atoms with van der Waals surface area (Å²) in [4.78, 5) is 38.8. The van der Waals surface area contributed by atoms with Gasteiger partial charge in [-0.15, -0.1) is 5.10 Å². The van der Waals surface area contributed by atoms with Crippen LogP contribution in [0.1, 0.15) is 26.9 Å². The van der Waals surface area contributed by atoms with Crippen LogP contribution in [0.2, 0.25) is 0 Å². The molecule has 0 radical (unpaired) electrons. The monoisotopic (exact) mass is 458 g/mol. The van der Waals surface area contributed by atoms with Gasteiger partial charge in [0.2, 0.25) is 0 Å². The number of benzene rings is 2. The van der Waals surface area contributed by atoms with Crippen LogP contribution in [0.3, 0.4) is 0 Å². The Morgan fingerprint density at radius 3 is 2.12 bits per heavy atom. The lowest BCUT2D eigenvalue weighted by atomic mass is 10.1. The van der Waals surface area contributed by atoms with Gasteiger partial charge in [-0.25, -0.2) is 14.3 Å². The maximum absolute atomic E-state index is 13.0. The number of carbonyl (C=O) groups excluding carboxylic acids is 2. The summed E-state index contributed by atoms with van der Waals surface area (Å²) in [6.07, 6.45) is -3.81. The Balaban J connectivity index is 1.42. The van der Waals surface area contributed by atoms with Gasteiger partial charge in [0.05, 0.1) is 17.7 Å². The zero-order valence-corrected chi connectivity index (χ0v) is 17.7. The third-order valence-electron chi connectivity index (χ3n) is 5.98. The molecule has 0 aliphatic carbocycles. The molecule has 2 aromatic carbocycles. The van der Waals surface area contributed by atoms with Gasteiger partial charge in [0.1, 0.15) is 11.6 Å². The minimum absolute atomic E-state index is 0.155. The number of pyridine rings is 1. The van der Waals surface area contributed by atoms with Crippen LogP contribution in [0.5, 0.6) is 0 Å². The minimum Gasteiger partial charge on any atom is -0.452 e. The van der Waals surface area contributed by atoms with E-state index in [1.807, 2.05) is 0 Å². The van der Waals surface area contributed by atoms with Crippen molar-refractivity contribution in [3.8, 4) is 0 Å². The maximum atomic E-state index is 13.0. The molecule has 1 saturated heterocycles. The Kier molecular flexibility index (Phi) is 4.73. The number of aromatic nitrogens is 4. The summed E-state index contributed by atoms with van der Waals surface area (Å²) in [5, 5.41) is 8.25. The van der Waals surface area contributed by atoms with Crippen LogP contribution in [-0.2, 0) is 20.8 Å². The fraction of sp³-hybridized carbons (Fsp3) is 0.208. The summed E-state index contributed by atoms with van der Waals surface area (Å²) in [6.45, 7) is 0.155. The van der Waals surface area contributed by atoms with Gasteiger partial charge in [0.25, 0.3) is 5.56 Å². The first-order valence-electron chi connectivity index (χ1n) is 10.7. The Hall–Kier alpha value is -4.31. The molecule has 1 fully saturated rings. The molecular weight excluding hydrogens is 440 g/mol. The summed E-state index contributed by atoms with van der Waals surface area (Å²) < 4.78 is 20.7. The minimum atomic E-state index is -1.07. The Morgan fingerprint density at radius 2 is 1.47 bits per heavy atom. The van der Waals surface area contributed by atoms with Gasteiger partial charge >= 0.3 is 11.9 Å². The van der Waals surface area contributed by atoms with Crippen molar-refractivity contribution in [3.05, 3.63) is 94.3 Å². The molecule has 6 rings (SSSR count). The third kappa shape index (κ3) is 3.27. The SMILES string of the molecule is O=C(O[C@@H]1[C@H](OC(=O)c2ccccc2)[C@H]2Cn3nnc4ccc(=O)n(c43)[C@@H]1O2)c1ccccc1. The lowest BCUT2D eigenvalue weighted by molar-refractivity contribution is -0.0486. The van der Waals surface area contributed by atoms with Crippen molar-refractivity contribution in [3.63, 3.8) is 0 Å². The molecule has 4 heterocycles. The summed E-state index contributed by atoms with van der Waals surface area (Å²) in [7, 11) is 0. The van der Waals surface area contributed by atoms with E-state index in [1.165, 1.54) is 10.6 Å². The van der Waals surface area contributed by atoms with E-state index in [2.05, 4.69) is 10.3 Å². The summed E-state index contributed by atoms with van der Waals surface area (Å²) in [5.41, 5.74) is 1.25. The first-order valence-corrected chi connectivity index (χ1v) is 10.7. The molecule has 4 atom stereocenters. The molecule has 2 aliphatic heterocycles. The Bertz CT molecular complexity index is 1450. The van der Waals surface area contributed by atoms with Crippen molar-refractivity contribution >= 4 is 23.1 Å². The number of nitrogens with zero attached hydrogens (tertiary/aromatic N) is 4. The highest BCUT2D eigenvalue weighted by Crippen LogP contribution is 2.38. The first kappa shape index (κ1) is 20.3. The average molecular weight is 458 g/mol. The number of fused-ring (bicyclic) bond motifs is 3. The molecule has 2 bridgehead atoms.